The van der Waals surface area contributed by atoms with Crippen LogP contribution in [0, 0.1) is 0 Å². The number of hydrogen-bond donors (Lipinski definition) is 1. The Labute approximate surface area is 114 Å². The number of ketones is 1. The zero-order chi connectivity index (χ0) is 13.7. The van der Waals surface area contributed by atoms with Crippen molar-refractivity contribution in [3.63, 3.8) is 0 Å². The summed E-state index contributed by atoms with van der Waals surface area (Å²) in [5.41, 5.74) is 9.52. The van der Waals surface area contributed by atoms with Gasteiger partial charge < -0.3 is 10.2 Å². The Bertz CT molecular complexity index is 838. The summed E-state index contributed by atoms with van der Waals surface area (Å²) in [6.45, 7) is 0. The molecule has 0 spiro atoms. The average molecular weight is 263 g/mol. The summed E-state index contributed by atoms with van der Waals surface area (Å²) in [6, 6.07) is 9.10. The van der Waals surface area contributed by atoms with Crippen molar-refractivity contribution in [2.24, 2.45) is 0 Å². The molecule has 2 heterocycles. The minimum Gasteiger partial charge on any atom is -0.472 e. The summed E-state index contributed by atoms with van der Waals surface area (Å²) >= 11 is 0. The van der Waals surface area contributed by atoms with Crippen molar-refractivity contribution in [3.05, 3.63) is 54.0 Å². The standard InChI is InChI=1S/C15H9N3O2/c16-15-17-12(8-5-6-20-7-8)11-13(18-15)9-3-1-2-4-10(9)14(11)19/h1-7H,(H2,16,17,18). The van der Waals surface area contributed by atoms with Gasteiger partial charge in [0.15, 0.2) is 5.78 Å². The van der Waals surface area contributed by atoms with Crippen molar-refractivity contribution in [2.45, 2.75) is 0 Å². The maximum absolute atomic E-state index is 12.6. The molecular formula is C15H9N3O2. The number of aromatic nitrogens is 2. The Kier molecular flexibility index (Phi) is 2.06. The highest BCUT2D eigenvalue weighted by Crippen LogP contribution is 2.39. The van der Waals surface area contributed by atoms with Crippen LogP contribution in [0.4, 0.5) is 5.95 Å². The number of carbonyl (C=O) groups is 1. The topological polar surface area (TPSA) is 82.0 Å². The van der Waals surface area contributed by atoms with Gasteiger partial charge in [-0.25, -0.2) is 9.97 Å². The molecule has 1 aromatic carbocycles. The lowest BCUT2D eigenvalue weighted by Gasteiger charge is -2.05. The van der Waals surface area contributed by atoms with E-state index >= 15 is 0 Å². The summed E-state index contributed by atoms with van der Waals surface area (Å²) < 4.78 is 5.07. The van der Waals surface area contributed by atoms with Crippen LogP contribution in [-0.4, -0.2) is 15.8 Å². The van der Waals surface area contributed by atoms with Gasteiger partial charge in [-0.1, -0.05) is 24.3 Å². The van der Waals surface area contributed by atoms with E-state index < -0.39 is 0 Å². The molecule has 4 rings (SSSR count). The zero-order valence-corrected chi connectivity index (χ0v) is 10.3. The smallest absolute Gasteiger partial charge is 0.221 e. The second-order valence-electron chi connectivity index (χ2n) is 4.54. The number of fused-ring (bicyclic) bond motifs is 3. The third kappa shape index (κ3) is 1.34. The number of nitrogen functional groups attached to an aromatic ring is 1. The molecule has 5 heteroatoms. The van der Waals surface area contributed by atoms with Crippen LogP contribution in [0.1, 0.15) is 15.9 Å². The molecule has 0 fully saturated rings. The van der Waals surface area contributed by atoms with Crippen molar-refractivity contribution in [1.29, 1.82) is 0 Å². The van der Waals surface area contributed by atoms with E-state index in [4.69, 9.17) is 10.2 Å². The lowest BCUT2D eigenvalue weighted by atomic mass is 10.1. The van der Waals surface area contributed by atoms with Crippen LogP contribution in [0.5, 0.6) is 0 Å². The third-order valence-corrected chi connectivity index (χ3v) is 3.37. The molecule has 20 heavy (non-hydrogen) atoms. The highest BCUT2D eigenvalue weighted by atomic mass is 16.3. The van der Waals surface area contributed by atoms with Gasteiger partial charge in [-0.15, -0.1) is 0 Å². The van der Waals surface area contributed by atoms with Crippen LogP contribution in [0.2, 0.25) is 0 Å². The van der Waals surface area contributed by atoms with Crippen LogP contribution in [0.3, 0.4) is 0 Å². The first-order valence-corrected chi connectivity index (χ1v) is 6.10. The normalized spacial score (nSPS) is 12.3. The molecule has 5 nitrogen and oxygen atoms in total. The van der Waals surface area contributed by atoms with Crippen LogP contribution in [0.25, 0.3) is 22.5 Å². The van der Waals surface area contributed by atoms with Crippen LogP contribution in [-0.2, 0) is 0 Å². The molecule has 0 saturated carbocycles. The maximum atomic E-state index is 12.6. The molecule has 0 bridgehead atoms. The first-order valence-electron chi connectivity index (χ1n) is 6.10. The van der Waals surface area contributed by atoms with Crippen LogP contribution < -0.4 is 5.73 Å². The molecule has 0 amide bonds. The number of furan rings is 1. The van der Waals surface area contributed by atoms with Gasteiger partial charge in [0.1, 0.15) is 0 Å². The maximum Gasteiger partial charge on any atom is 0.221 e. The van der Waals surface area contributed by atoms with Crippen LogP contribution >= 0.6 is 0 Å². The van der Waals surface area contributed by atoms with E-state index in [-0.39, 0.29) is 11.7 Å². The summed E-state index contributed by atoms with van der Waals surface area (Å²) in [4.78, 5) is 21.0. The van der Waals surface area contributed by atoms with Crippen molar-refractivity contribution in [3.8, 4) is 22.5 Å². The summed E-state index contributed by atoms with van der Waals surface area (Å²) in [7, 11) is 0. The van der Waals surface area contributed by atoms with Gasteiger partial charge in [-0.05, 0) is 6.07 Å². The average Bonchev–Trinajstić information content (AvgIpc) is 3.07. The van der Waals surface area contributed by atoms with E-state index in [0.29, 0.717) is 22.5 Å². The van der Waals surface area contributed by atoms with Gasteiger partial charge in [-0.3, -0.25) is 4.79 Å². The van der Waals surface area contributed by atoms with Crippen molar-refractivity contribution in [2.75, 3.05) is 5.73 Å². The van der Waals surface area contributed by atoms with E-state index in [1.165, 1.54) is 12.5 Å². The summed E-state index contributed by atoms with van der Waals surface area (Å²) in [6.07, 6.45) is 3.07. The van der Waals surface area contributed by atoms with Crippen molar-refractivity contribution in [1.82, 2.24) is 9.97 Å². The van der Waals surface area contributed by atoms with Gasteiger partial charge in [0.05, 0.1) is 29.5 Å². The molecule has 0 radical (unpaired) electrons. The molecule has 3 aromatic rings. The van der Waals surface area contributed by atoms with Gasteiger partial charge >= 0.3 is 0 Å². The van der Waals surface area contributed by atoms with E-state index in [1.807, 2.05) is 18.2 Å². The molecule has 0 unspecified atom stereocenters. The predicted molar refractivity (Wildman–Crippen MR) is 73.0 cm³/mol. The van der Waals surface area contributed by atoms with E-state index in [2.05, 4.69) is 9.97 Å². The monoisotopic (exact) mass is 263 g/mol. The number of carbonyl (C=O) groups excluding carboxylic acids is 1. The Morgan fingerprint density at radius 2 is 1.75 bits per heavy atom. The van der Waals surface area contributed by atoms with E-state index in [0.717, 1.165) is 11.1 Å². The molecular weight excluding hydrogens is 254 g/mol. The second kappa shape index (κ2) is 3.77. The summed E-state index contributed by atoms with van der Waals surface area (Å²) in [5.74, 6) is 0.0660. The molecule has 0 aliphatic heterocycles. The summed E-state index contributed by atoms with van der Waals surface area (Å²) in [5, 5.41) is 0. The molecule has 0 atom stereocenters. The number of anilines is 1. The Morgan fingerprint density at radius 3 is 2.50 bits per heavy atom. The van der Waals surface area contributed by atoms with Crippen molar-refractivity contribution < 1.29 is 9.21 Å². The number of benzene rings is 1. The molecule has 0 saturated heterocycles. The first kappa shape index (κ1) is 10.9. The minimum absolute atomic E-state index is 0.0770. The van der Waals surface area contributed by atoms with Crippen molar-refractivity contribution >= 4 is 11.7 Å². The highest BCUT2D eigenvalue weighted by molar-refractivity contribution is 6.23. The Morgan fingerprint density at radius 1 is 1.00 bits per heavy atom. The van der Waals surface area contributed by atoms with Gasteiger partial charge in [-0.2, -0.15) is 0 Å². The van der Waals surface area contributed by atoms with Crippen LogP contribution in [0.15, 0.2) is 47.3 Å². The second-order valence-corrected chi connectivity index (χ2v) is 4.54. The number of nitrogens with zero attached hydrogens (tertiary/aromatic N) is 2. The van der Waals surface area contributed by atoms with Gasteiger partial charge in [0.25, 0.3) is 0 Å². The molecule has 96 valence electrons. The molecule has 2 N–H and O–H groups in total. The fraction of sp³-hybridized carbons (Fsp3) is 0. The predicted octanol–water partition coefficient (Wildman–Crippen LogP) is 2.53. The van der Waals surface area contributed by atoms with E-state index in [1.54, 1.807) is 12.1 Å². The highest BCUT2D eigenvalue weighted by Gasteiger charge is 2.32. The quantitative estimate of drug-likeness (QED) is 0.570. The minimum atomic E-state index is -0.0770. The SMILES string of the molecule is Nc1nc(-c2ccoc2)c2c(n1)-c1ccccc1C2=O. The van der Waals surface area contributed by atoms with Gasteiger partial charge in [0, 0.05) is 16.7 Å². The number of rotatable bonds is 1. The molecule has 1 aliphatic rings. The largest absolute Gasteiger partial charge is 0.472 e. The molecule has 2 aromatic heterocycles. The zero-order valence-electron chi connectivity index (χ0n) is 10.3. The Balaban J connectivity index is 2.09. The fourth-order valence-electron chi connectivity index (χ4n) is 2.52. The fourth-order valence-corrected chi connectivity index (χ4v) is 2.52. The molecule has 1 aliphatic carbocycles. The van der Waals surface area contributed by atoms with Gasteiger partial charge in [0.2, 0.25) is 5.95 Å². The Hall–Kier alpha value is -2.95. The number of nitrogens with two attached hydrogens (primary N) is 1. The lowest BCUT2D eigenvalue weighted by Crippen LogP contribution is -2.04. The third-order valence-electron chi connectivity index (χ3n) is 3.37. The first-order chi connectivity index (χ1) is 9.75. The lowest BCUT2D eigenvalue weighted by molar-refractivity contribution is 0.104. The van der Waals surface area contributed by atoms with E-state index in [9.17, 15) is 4.79 Å². The number of hydrogen-bond acceptors (Lipinski definition) is 5.